The molecule has 2 atom stereocenters. The number of ether oxygens (including phenoxy) is 2. The molecule has 0 bridgehead atoms. The van der Waals surface area contributed by atoms with Crippen molar-refractivity contribution >= 4 is 0 Å². The summed E-state index contributed by atoms with van der Waals surface area (Å²) in [4.78, 5) is 0. The molecule has 16 heavy (non-hydrogen) atoms. The zero-order valence-corrected chi connectivity index (χ0v) is 10.4. The van der Waals surface area contributed by atoms with E-state index in [-0.39, 0.29) is 5.60 Å². The molecule has 2 N–H and O–H groups in total. The minimum Gasteiger partial charge on any atom is -0.355 e. The largest absolute Gasteiger partial charge is 0.355 e. The smallest absolute Gasteiger partial charge is 0.147 e. The van der Waals surface area contributed by atoms with Crippen LogP contribution in [0.15, 0.2) is 0 Å². The summed E-state index contributed by atoms with van der Waals surface area (Å²) in [5.74, 6) is 1.54. The van der Waals surface area contributed by atoms with E-state index in [1.165, 1.54) is 25.7 Å². The molecule has 3 heteroatoms. The molecule has 0 amide bonds. The van der Waals surface area contributed by atoms with Gasteiger partial charge >= 0.3 is 0 Å². The summed E-state index contributed by atoms with van der Waals surface area (Å²) in [6.45, 7) is 4.22. The van der Waals surface area contributed by atoms with Gasteiger partial charge in [-0.2, -0.15) is 0 Å². The van der Waals surface area contributed by atoms with Gasteiger partial charge in [-0.05, 0) is 37.5 Å². The summed E-state index contributed by atoms with van der Waals surface area (Å²) in [5.41, 5.74) is 5.78. The van der Waals surface area contributed by atoms with E-state index >= 15 is 0 Å². The monoisotopic (exact) mass is 227 g/mol. The lowest BCUT2D eigenvalue weighted by atomic mass is 9.79. The van der Waals surface area contributed by atoms with E-state index in [2.05, 4.69) is 6.92 Å². The molecule has 0 aromatic heterocycles. The van der Waals surface area contributed by atoms with Gasteiger partial charge < -0.3 is 15.2 Å². The Bertz CT molecular complexity index is 218. The third-order valence-electron chi connectivity index (χ3n) is 3.92. The van der Waals surface area contributed by atoms with Crippen LogP contribution >= 0.6 is 0 Å². The maximum atomic E-state index is 5.92. The Balaban J connectivity index is 1.69. The van der Waals surface area contributed by atoms with Gasteiger partial charge in [0.2, 0.25) is 0 Å². The van der Waals surface area contributed by atoms with E-state index < -0.39 is 0 Å². The van der Waals surface area contributed by atoms with E-state index in [0.29, 0.717) is 13.3 Å². The zero-order valence-electron chi connectivity index (χ0n) is 10.4. The third-order valence-corrected chi connectivity index (χ3v) is 3.92. The molecular weight excluding hydrogens is 202 g/mol. The standard InChI is InChI=1S/C13H25NO2/c1-11-3-2-6-13(7-11,9-14)16-10-15-8-12-4-5-12/h11-12H,2-10,14H2,1H3. The van der Waals surface area contributed by atoms with Crippen LogP contribution in [0.1, 0.15) is 45.4 Å². The molecule has 2 aliphatic rings. The Kier molecular flexibility index (Phi) is 4.22. The second-order valence-corrected chi connectivity index (χ2v) is 5.67. The first-order chi connectivity index (χ1) is 7.74. The Hall–Kier alpha value is -0.120. The number of rotatable bonds is 6. The summed E-state index contributed by atoms with van der Waals surface area (Å²) >= 11 is 0. The van der Waals surface area contributed by atoms with Crippen molar-refractivity contribution in [1.82, 2.24) is 0 Å². The molecule has 0 radical (unpaired) electrons. The van der Waals surface area contributed by atoms with Crippen molar-refractivity contribution < 1.29 is 9.47 Å². The highest BCUT2D eigenvalue weighted by molar-refractivity contribution is 4.87. The molecule has 2 saturated carbocycles. The van der Waals surface area contributed by atoms with Crippen LogP contribution in [0.5, 0.6) is 0 Å². The number of nitrogens with two attached hydrogens (primary N) is 1. The second-order valence-electron chi connectivity index (χ2n) is 5.67. The highest BCUT2D eigenvalue weighted by Gasteiger charge is 2.34. The van der Waals surface area contributed by atoms with Crippen LogP contribution in [0.4, 0.5) is 0 Å². The number of hydrogen-bond donors (Lipinski definition) is 1. The van der Waals surface area contributed by atoms with E-state index in [9.17, 15) is 0 Å². The van der Waals surface area contributed by atoms with Crippen molar-refractivity contribution in [2.45, 2.75) is 51.0 Å². The third kappa shape index (κ3) is 3.44. The van der Waals surface area contributed by atoms with Gasteiger partial charge in [-0.1, -0.05) is 19.8 Å². The van der Waals surface area contributed by atoms with Crippen molar-refractivity contribution in [3.05, 3.63) is 0 Å². The van der Waals surface area contributed by atoms with Crippen molar-refractivity contribution in [2.75, 3.05) is 19.9 Å². The lowest BCUT2D eigenvalue weighted by Gasteiger charge is -2.38. The normalized spacial score (nSPS) is 35.2. The van der Waals surface area contributed by atoms with E-state index in [4.69, 9.17) is 15.2 Å². The molecule has 2 unspecified atom stereocenters. The minimum atomic E-state index is -0.0960. The summed E-state index contributed by atoms with van der Waals surface area (Å²) in [7, 11) is 0. The first kappa shape index (κ1) is 12.3. The van der Waals surface area contributed by atoms with Gasteiger partial charge in [0.05, 0.1) is 12.2 Å². The molecule has 0 aliphatic heterocycles. The lowest BCUT2D eigenvalue weighted by Crippen LogP contribution is -2.45. The van der Waals surface area contributed by atoms with Gasteiger partial charge in [0.15, 0.2) is 0 Å². The zero-order chi connectivity index (χ0) is 11.4. The quantitative estimate of drug-likeness (QED) is 0.559. The van der Waals surface area contributed by atoms with Crippen LogP contribution in [-0.2, 0) is 9.47 Å². The highest BCUT2D eigenvalue weighted by atomic mass is 16.7. The fourth-order valence-corrected chi connectivity index (χ4v) is 2.65. The fraction of sp³-hybridized carbons (Fsp3) is 1.00. The van der Waals surface area contributed by atoms with E-state index in [1.54, 1.807) is 0 Å². The van der Waals surface area contributed by atoms with Gasteiger partial charge in [-0.15, -0.1) is 0 Å². The Labute approximate surface area is 98.7 Å². The summed E-state index contributed by atoms with van der Waals surface area (Å²) in [6, 6.07) is 0. The summed E-state index contributed by atoms with van der Waals surface area (Å²) in [5, 5.41) is 0. The van der Waals surface area contributed by atoms with Crippen LogP contribution in [0, 0.1) is 11.8 Å². The Morgan fingerprint density at radius 2 is 2.12 bits per heavy atom. The van der Waals surface area contributed by atoms with Gasteiger partial charge in [0, 0.05) is 6.54 Å². The van der Waals surface area contributed by atoms with Gasteiger partial charge in [0.25, 0.3) is 0 Å². The average Bonchev–Trinajstić information content (AvgIpc) is 3.08. The van der Waals surface area contributed by atoms with Crippen LogP contribution in [0.2, 0.25) is 0 Å². The second kappa shape index (κ2) is 5.48. The maximum absolute atomic E-state index is 5.92. The van der Waals surface area contributed by atoms with Crippen molar-refractivity contribution in [2.24, 2.45) is 17.6 Å². The van der Waals surface area contributed by atoms with Crippen molar-refractivity contribution in [1.29, 1.82) is 0 Å². The van der Waals surface area contributed by atoms with Gasteiger partial charge in [-0.3, -0.25) is 0 Å². The molecular formula is C13H25NO2. The fourth-order valence-electron chi connectivity index (χ4n) is 2.65. The average molecular weight is 227 g/mol. The van der Waals surface area contributed by atoms with Crippen molar-refractivity contribution in [3.8, 4) is 0 Å². The van der Waals surface area contributed by atoms with Crippen LogP contribution in [-0.4, -0.2) is 25.5 Å². The molecule has 2 fully saturated rings. The van der Waals surface area contributed by atoms with Gasteiger partial charge in [-0.25, -0.2) is 0 Å². The first-order valence-corrected chi connectivity index (χ1v) is 6.66. The molecule has 0 saturated heterocycles. The van der Waals surface area contributed by atoms with Crippen LogP contribution in [0.3, 0.4) is 0 Å². The predicted octanol–water partition coefficient (Wildman–Crippen LogP) is 2.29. The minimum absolute atomic E-state index is 0.0960. The molecule has 0 spiro atoms. The van der Waals surface area contributed by atoms with Crippen LogP contribution < -0.4 is 5.73 Å². The summed E-state index contributed by atoms with van der Waals surface area (Å²) in [6.07, 6.45) is 7.41. The maximum Gasteiger partial charge on any atom is 0.147 e. The molecule has 0 aromatic rings. The number of hydrogen-bond acceptors (Lipinski definition) is 3. The van der Waals surface area contributed by atoms with Gasteiger partial charge in [0.1, 0.15) is 6.79 Å². The molecule has 94 valence electrons. The molecule has 2 aliphatic carbocycles. The first-order valence-electron chi connectivity index (χ1n) is 6.66. The predicted molar refractivity (Wildman–Crippen MR) is 64.0 cm³/mol. The molecule has 3 nitrogen and oxygen atoms in total. The summed E-state index contributed by atoms with van der Waals surface area (Å²) < 4.78 is 11.5. The topological polar surface area (TPSA) is 44.5 Å². The SMILES string of the molecule is CC1CCCC(CN)(OCOCC2CC2)C1. The van der Waals surface area contributed by atoms with E-state index in [0.717, 1.165) is 31.3 Å². The molecule has 0 heterocycles. The van der Waals surface area contributed by atoms with Crippen molar-refractivity contribution in [3.63, 3.8) is 0 Å². The molecule has 0 aromatic carbocycles. The highest BCUT2D eigenvalue weighted by Crippen LogP contribution is 2.34. The lowest BCUT2D eigenvalue weighted by molar-refractivity contribution is -0.157. The Morgan fingerprint density at radius 1 is 1.31 bits per heavy atom. The van der Waals surface area contributed by atoms with Crippen LogP contribution in [0.25, 0.3) is 0 Å². The Morgan fingerprint density at radius 3 is 2.75 bits per heavy atom. The molecule has 2 rings (SSSR count). The van der Waals surface area contributed by atoms with E-state index in [1.807, 2.05) is 0 Å².